The quantitative estimate of drug-likeness (QED) is 0.649. The van der Waals surface area contributed by atoms with E-state index in [0.717, 1.165) is 0 Å². The third kappa shape index (κ3) is 13.3. The van der Waals surface area contributed by atoms with Crippen molar-refractivity contribution in [2.75, 3.05) is 25.1 Å². The number of hydrogen-bond acceptors (Lipinski definition) is 4. The minimum absolute atomic E-state index is 0.0105. The predicted molar refractivity (Wildman–Crippen MR) is 69.7 cm³/mol. The van der Waals surface area contributed by atoms with Crippen LogP contribution in [0.5, 0.6) is 0 Å². The standard InChI is InChI=1S/C11H24N2O3S/c1-11(2,3)13-8-6-10(14)12-7-5-9-17(4,15)16/h13H,5-9H2,1-4H3,(H,12,14). The molecule has 0 aliphatic heterocycles. The smallest absolute Gasteiger partial charge is 0.221 e. The van der Waals surface area contributed by atoms with Crippen molar-refractivity contribution >= 4 is 15.7 Å². The predicted octanol–water partition coefficient (Wildman–Crippen LogP) is 0.316. The van der Waals surface area contributed by atoms with Crippen LogP contribution in [0.2, 0.25) is 0 Å². The van der Waals surface area contributed by atoms with Gasteiger partial charge in [0.1, 0.15) is 9.84 Å². The number of hydrogen-bond donors (Lipinski definition) is 2. The molecule has 0 radical (unpaired) electrons. The molecule has 0 fully saturated rings. The molecule has 6 heteroatoms. The van der Waals surface area contributed by atoms with Gasteiger partial charge < -0.3 is 10.6 Å². The summed E-state index contributed by atoms with van der Waals surface area (Å²) in [6.07, 6.45) is 2.08. The van der Waals surface area contributed by atoms with Gasteiger partial charge in [-0.1, -0.05) is 0 Å². The Kier molecular flexibility index (Phi) is 6.70. The molecule has 0 heterocycles. The maximum atomic E-state index is 11.4. The number of carbonyl (C=O) groups is 1. The van der Waals surface area contributed by atoms with Gasteiger partial charge >= 0.3 is 0 Å². The fraction of sp³-hybridized carbons (Fsp3) is 0.909. The maximum absolute atomic E-state index is 11.4. The van der Waals surface area contributed by atoms with Gasteiger partial charge in [-0.2, -0.15) is 0 Å². The second-order valence-electron chi connectivity index (χ2n) is 5.26. The monoisotopic (exact) mass is 264 g/mol. The van der Waals surface area contributed by atoms with Crippen molar-refractivity contribution in [1.82, 2.24) is 10.6 Å². The third-order valence-electron chi connectivity index (χ3n) is 2.02. The van der Waals surface area contributed by atoms with E-state index < -0.39 is 9.84 Å². The van der Waals surface area contributed by atoms with Crippen LogP contribution in [-0.4, -0.2) is 45.0 Å². The Morgan fingerprint density at radius 1 is 1.18 bits per heavy atom. The summed E-state index contributed by atoms with van der Waals surface area (Å²) in [5, 5.41) is 5.91. The molecule has 0 aliphatic carbocycles. The first-order chi connectivity index (χ1) is 7.60. The summed E-state index contributed by atoms with van der Waals surface area (Å²) in [5.74, 6) is 0.0725. The van der Waals surface area contributed by atoms with Crippen LogP contribution in [0.3, 0.4) is 0 Å². The lowest BCUT2D eigenvalue weighted by Crippen LogP contribution is -2.38. The van der Waals surface area contributed by atoms with Gasteiger partial charge in [-0.25, -0.2) is 8.42 Å². The first-order valence-electron chi connectivity index (χ1n) is 5.80. The van der Waals surface area contributed by atoms with Gasteiger partial charge in [-0.05, 0) is 27.2 Å². The van der Waals surface area contributed by atoms with E-state index in [1.807, 2.05) is 20.8 Å². The topological polar surface area (TPSA) is 75.3 Å². The number of nitrogens with one attached hydrogen (secondary N) is 2. The maximum Gasteiger partial charge on any atom is 0.221 e. The highest BCUT2D eigenvalue weighted by Crippen LogP contribution is 1.97. The summed E-state index contributed by atoms with van der Waals surface area (Å²) in [6, 6.07) is 0. The van der Waals surface area contributed by atoms with E-state index in [1.165, 1.54) is 6.26 Å². The first kappa shape index (κ1) is 16.4. The summed E-state index contributed by atoms with van der Waals surface area (Å²) in [6.45, 7) is 7.16. The van der Waals surface area contributed by atoms with Crippen LogP contribution < -0.4 is 10.6 Å². The van der Waals surface area contributed by atoms with Gasteiger partial charge in [0, 0.05) is 31.3 Å². The summed E-state index contributed by atoms with van der Waals surface area (Å²) < 4.78 is 21.7. The molecule has 0 aromatic rings. The van der Waals surface area contributed by atoms with E-state index >= 15 is 0 Å². The largest absolute Gasteiger partial charge is 0.356 e. The lowest BCUT2D eigenvalue weighted by atomic mass is 10.1. The highest BCUT2D eigenvalue weighted by molar-refractivity contribution is 7.90. The molecule has 5 nitrogen and oxygen atoms in total. The molecular weight excluding hydrogens is 240 g/mol. The Morgan fingerprint density at radius 3 is 2.24 bits per heavy atom. The van der Waals surface area contributed by atoms with E-state index in [9.17, 15) is 13.2 Å². The van der Waals surface area contributed by atoms with Gasteiger partial charge in [0.05, 0.1) is 5.75 Å². The Balaban J connectivity index is 3.55. The van der Waals surface area contributed by atoms with Crippen LogP contribution in [0.25, 0.3) is 0 Å². The van der Waals surface area contributed by atoms with Crippen molar-refractivity contribution in [2.45, 2.75) is 39.2 Å². The van der Waals surface area contributed by atoms with E-state index in [0.29, 0.717) is 25.9 Å². The number of sulfone groups is 1. The molecule has 17 heavy (non-hydrogen) atoms. The second kappa shape index (κ2) is 6.96. The SMILES string of the molecule is CC(C)(C)NCCC(=O)NCCCS(C)(=O)=O. The fourth-order valence-electron chi connectivity index (χ4n) is 1.20. The van der Waals surface area contributed by atoms with Crippen molar-refractivity contribution in [1.29, 1.82) is 0 Å². The van der Waals surface area contributed by atoms with E-state index in [4.69, 9.17) is 0 Å². The molecule has 0 bridgehead atoms. The Bertz CT molecular complexity index is 331. The van der Waals surface area contributed by atoms with Crippen LogP contribution >= 0.6 is 0 Å². The van der Waals surface area contributed by atoms with Gasteiger partial charge in [-0.3, -0.25) is 4.79 Å². The van der Waals surface area contributed by atoms with Crippen LogP contribution in [0.4, 0.5) is 0 Å². The molecule has 0 aromatic carbocycles. The summed E-state index contributed by atoms with van der Waals surface area (Å²) in [5.41, 5.74) is 0.0105. The molecule has 0 spiro atoms. The zero-order chi connectivity index (χ0) is 13.5. The van der Waals surface area contributed by atoms with E-state index in [1.54, 1.807) is 0 Å². The average molecular weight is 264 g/mol. The summed E-state index contributed by atoms with van der Waals surface area (Å²) in [7, 11) is -2.92. The van der Waals surface area contributed by atoms with Crippen molar-refractivity contribution in [2.24, 2.45) is 0 Å². The molecule has 1 amide bonds. The molecule has 0 aliphatic rings. The minimum atomic E-state index is -2.92. The summed E-state index contributed by atoms with van der Waals surface area (Å²) in [4.78, 5) is 11.4. The normalized spacial score (nSPS) is 12.5. The van der Waals surface area contributed by atoms with Gasteiger partial charge in [-0.15, -0.1) is 0 Å². The van der Waals surface area contributed by atoms with Gasteiger partial charge in [0.25, 0.3) is 0 Å². The van der Waals surface area contributed by atoms with Gasteiger partial charge in [0.2, 0.25) is 5.91 Å². The Morgan fingerprint density at radius 2 is 1.76 bits per heavy atom. The molecule has 102 valence electrons. The highest BCUT2D eigenvalue weighted by atomic mass is 32.2. The lowest BCUT2D eigenvalue weighted by molar-refractivity contribution is -0.121. The highest BCUT2D eigenvalue weighted by Gasteiger charge is 2.09. The van der Waals surface area contributed by atoms with Crippen LogP contribution in [0, 0.1) is 0 Å². The molecule has 0 saturated heterocycles. The molecule has 0 atom stereocenters. The Labute approximate surface area is 104 Å². The van der Waals surface area contributed by atoms with E-state index in [-0.39, 0.29) is 17.2 Å². The molecule has 0 rings (SSSR count). The number of carbonyl (C=O) groups excluding carboxylic acids is 1. The molecule has 0 unspecified atom stereocenters. The molecular formula is C11H24N2O3S. The zero-order valence-electron chi connectivity index (χ0n) is 11.2. The molecule has 0 aromatic heterocycles. The van der Waals surface area contributed by atoms with Crippen LogP contribution in [0.1, 0.15) is 33.6 Å². The van der Waals surface area contributed by atoms with Crippen LogP contribution in [0.15, 0.2) is 0 Å². The van der Waals surface area contributed by atoms with Crippen LogP contribution in [-0.2, 0) is 14.6 Å². The molecule has 0 saturated carbocycles. The third-order valence-corrected chi connectivity index (χ3v) is 3.05. The van der Waals surface area contributed by atoms with Crippen molar-refractivity contribution < 1.29 is 13.2 Å². The average Bonchev–Trinajstić information content (AvgIpc) is 2.09. The fourth-order valence-corrected chi connectivity index (χ4v) is 1.87. The number of rotatable bonds is 7. The summed E-state index contributed by atoms with van der Waals surface area (Å²) >= 11 is 0. The zero-order valence-corrected chi connectivity index (χ0v) is 12.0. The van der Waals surface area contributed by atoms with Crippen molar-refractivity contribution in [3.8, 4) is 0 Å². The Hall–Kier alpha value is -0.620. The number of amides is 1. The first-order valence-corrected chi connectivity index (χ1v) is 7.86. The lowest BCUT2D eigenvalue weighted by Gasteiger charge is -2.20. The van der Waals surface area contributed by atoms with Gasteiger partial charge in [0.15, 0.2) is 0 Å². The van der Waals surface area contributed by atoms with E-state index in [2.05, 4.69) is 10.6 Å². The second-order valence-corrected chi connectivity index (χ2v) is 7.52. The van der Waals surface area contributed by atoms with Crippen molar-refractivity contribution in [3.63, 3.8) is 0 Å². The minimum Gasteiger partial charge on any atom is -0.356 e. The van der Waals surface area contributed by atoms with Crippen molar-refractivity contribution in [3.05, 3.63) is 0 Å². The molecule has 2 N–H and O–H groups in total.